The first kappa shape index (κ1) is 18.3. The molecular formula is C23H21N5O2. The highest BCUT2D eigenvalue weighted by molar-refractivity contribution is 5.97. The minimum absolute atomic E-state index is 0.0122. The number of rotatable bonds is 4. The molecule has 0 N–H and O–H groups in total. The number of aromatic nitrogens is 3. The van der Waals surface area contributed by atoms with E-state index in [2.05, 4.69) is 19.9 Å². The number of carbonyl (C=O) groups excluding carboxylic acids is 1. The Bertz CT molecular complexity index is 1150. The van der Waals surface area contributed by atoms with Crippen molar-refractivity contribution in [1.29, 1.82) is 0 Å². The number of hydrogen-bond acceptors (Lipinski definition) is 6. The summed E-state index contributed by atoms with van der Waals surface area (Å²) < 4.78 is 5.86. The minimum Gasteiger partial charge on any atom is -0.440 e. The number of carbonyl (C=O) groups is 1. The van der Waals surface area contributed by atoms with Gasteiger partial charge in [0.2, 0.25) is 5.95 Å². The van der Waals surface area contributed by atoms with Gasteiger partial charge in [-0.3, -0.25) is 4.79 Å². The van der Waals surface area contributed by atoms with Crippen LogP contribution in [0.5, 0.6) is 0 Å². The van der Waals surface area contributed by atoms with Gasteiger partial charge < -0.3 is 14.2 Å². The lowest BCUT2D eigenvalue weighted by molar-refractivity contribution is 0.0746. The Morgan fingerprint density at radius 1 is 0.933 bits per heavy atom. The highest BCUT2D eigenvalue weighted by Gasteiger charge is 2.24. The fourth-order valence-electron chi connectivity index (χ4n) is 3.70. The predicted molar refractivity (Wildman–Crippen MR) is 113 cm³/mol. The van der Waals surface area contributed by atoms with E-state index < -0.39 is 0 Å². The molecule has 1 amide bonds. The van der Waals surface area contributed by atoms with E-state index in [-0.39, 0.29) is 5.91 Å². The molecule has 0 saturated carbocycles. The molecule has 7 nitrogen and oxygen atoms in total. The average molecular weight is 399 g/mol. The fourth-order valence-corrected chi connectivity index (χ4v) is 3.70. The summed E-state index contributed by atoms with van der Waals surface area (Å²) in [6.07, 6.45) is 4.10. The molecule has 0 radical (unpaired) electrons. The van der Waals surface area contributed by atoms with Gasteiger partial charge in [0.1, 0.15) is 5.52 Å². The molecule has 5 rings (SSSR count). The van der Waals surface area contributed by atoms with Crippen LogP contribution in [0, 0.1) is 0 Å². The van der Waals surface area contributed by atoms with E-state index in [1.54, 1.807) is 18.5 Å². The van der Waals surface area contributed by atoms with E-state index in [4.69, 9.17) is 4.42 Å². The van der Waals surface area contributed by atoms with Crippen LogP contribution >= 0.6 is 0 Å². The van der Waals surface area contributed by atoms with Crippen molar-refractivity contribution < 1.29 is 9.21 Å². The Hall–Kier alpha value is -3.74. The van der Waals surface area contributed by atoms with Gasteiger partial charge >= 0.3 is 0 Å². The van der Waals surface area contributed by atoms with Gasteiger partial charge in [-0.15, -0.1) is 0 Å². The van der Waals surface area contributed by atoms with Crippen molar-refractivity contribution >= 4 is 23.0 Å². The van der Waals surface area contributed by atoms with Crippen LogP contribution in [0.2, 0.25) is 0 Å². The van der Waals surface area contributed by atoms with E-state index in [0.29, 0.717) is 61.1 Å². The molecule has 0 unspecified atom stereocenters. The lowest BCUT2D eigenvalue weighted by Gasteiger charge is -2.34. The van der Waals surface area contributed by atoms with E-state index in [1.165, 1.54) is 0 Å². The van der Waals surface area contributed by atoms with Crippen LogP contribution in [0.1, 0.15) is 21.8 Å². The fraction of sp³-hybridized carbons (Fsp3) is 0.217. The van der Waals surface area contributed by atoms with Gasteiger partial charge in [0.15, 0.2) is 11.5 Å². The monoisotopic (exact) mass is 399 g/mol. The number of oxazole rings is 1. The molecule has 0 aliphatic carbocycles. The van der Waals surface area contributed by atoms with E-state index >= 15 is 0 Å². The summed E-state index contributed by atoms with van der Waals surface area (Å²) in [5, 5.41) is 0. The number of amides is 1. The maximum atomic E-state index is 13.0. The van der Waals surface area contributed by atoms with Crippen LogP contribution < -0.4 is 4.90 Å². The van der Waals surface area contributed by atoms with Crippen LogP contribution in [0.3, 0.4) is 0 Å². The zero-order valence-corrected chi connectivity index (χ0v) is 16.4. The molecule has 1 aliphatic rings. The standard InChI is InChI=1S/C23H21N5O2/c29-22(27-11-13-28(14-12-27)23-24-9-4-10-25-23)18-7-8-20-19(16-18)26-21(30-20)15-17-5-2-1-3-6-17/h1-10,16H,11-15H2. The van der Waals surface area contributed by atoms with Crippen molar-refractivity contribution in [3.8, 4) is 0 Å². The SMILES string of the molecule is O=C(c1ccc2oc(Cc3ccccc3)nc2c1)N1CCN(c2ncccn2)CC1. The first-order valence-corrected chi connectivity index (χ1v) is 10.0. The van der Waals surface area contributed by atoms with E-state index in [1.807, 2.05) is 53.4 Å². The molecule has 1 saturated heterocycles. The van der Waals surface area contributed by atoms with Crippen molar-refractivity contribution in [2.45, 2.75) is 6.42 Å². The van der Waals surface area contributed by atoms with Gasteiger partial charge in [-0.05, 0) is 29.8 Å². The number of benzene rings is 2. The second-order valence-electron chi connectivity index (χ2n) is 7.28. The average Bonchev–Trinajstić information content (AvgIpc) is 3.21. The van der Waals surface area contributed by atoms with Crippen molar-refractivity contribution in [3.05, 3.63) is 84.0 Å². The summed E-state index contributed by atoms with van der Waals surface area (Å²) in [5.41, 5.74) is 3.18. The molecule has 1 fully saturated rings. The first-order chi connectivity index (χ1) is 14.8. The van der Waals surface area contributed by atoms with Crippen LogP contribution in [-0.4, -0.2) is 51.9 Å². The molecule has 2 aromatic carbocycles. The normalized spacial score (nSPS) is 14.3. The van der Waals surface area contributed by atoms with Crippen LogP contribution in [-0.2, 0) is 6.42 Å². The van der Waals surface area contributed by atoms with Gasteiger partial charge in [0.05, 0.1) is 0 Å². The molecule has 0 bridgehead atoms. The molecule has 7 heteroatoms. The Morgan fingerprint density at radius 2 is 1.70 bits per heavy atom. The molecule has 3 heterocycles. The maximum absolute atomic E-state index is 13.0. The highest BCUT2D eigenvalue weighted by atomic mass is 16.3. The predicted octanol–water partition coefficient (Wildman–Crippen LogP) is 3.17. The topological polar surface area (TPSA) is 75.4 Å². The maximum Gasteiger partial charge on any atom is 0.254 e. The van der Waals surface area contributed by atoms with Crippen molar-refractivity contribution in [2.75, 3.05) is 31.1 Å². The van der Waals surface area contributed by atoms with E-state index in [0.717, 1.165) is 5.56 Å². The van der Waals surface area contributed by atoms with Crippen LogP contribution in [0.4, 0.5) is 5.95 Å². The summed E-state index contributed by atoms with van der Waals surface area (Å²) in [6.45, 7) is 2.69. The third-order valence-corrected chi connectivity index (χ3v) is 5.28. The lowest BCUT2D eigenvalue weighted by Crippen LogP contribution is -2.49. The van der Waals surface area contributed by atoms with Crippen LogP contribution in [0.15, 0.2) is 71.4 Å². The second kappa shape index (κ2) is 7.94. The van der Waals surface area contributed by atoms with Crippen molar-refractivity contribution in [2.24, 2.45) is 0 Å². The quantitative estimate of drug-likeness (QED) is 0.525. The molecule has 2 aromatic heterocycles. The van der Waals surface area contributed by atoms with Gasteiger partial charge in [-0.1, -0.05) is 30.3 Å². The summed E-state index contributed by atoms with van der Waals surface area (Å²) in [7, 11) is 0. The Balaban J connectivity index is 1.28. The molecule has 4 aromatic rings. The van der Waals surface area contributed by atoms with Crippen LogP contribution in [0.25, 0.3) is 11.1 Å². The zero-order valence-electron chi connectivity index (χ0n) is 16.4. The molecular weight excluding hydrogens is 378 g/mol. The largest absolute Gasteiger partial charge is 0.440 e. The smallest absolute Gasteiger partial charge is 0.254 e. The highest BCUT2D eigenvalue weighted by Crippen LogP contribution is 2.21. The van der Waals surface area contributed by atoms with Gasteiger partial charge in [-0.2, -0.15) is 0 Å². The molecule has 30 heavy (non-hydrogen) atoms. The van der Waals surface area contributed by atoms with Gasteiger partial charge in [0.25, 0.3) is 5.91 Å². The second-order valence-corrected chi connectivity index (χ2v) is 7.28. The minimum atomic E-state index is 0.0122. The summed E-state index contributed by atoms with van der Waals surface area (Å²) >= 11 is 0. The molecule has 0 spiro atoms. The Morgan fingerprint density at radius 3 is 2.47 bits per heavy atom. The zero-order chi connectivity index (χ0) is 20.3. The first-order valence-electron chi connectivity index (χ1n) is 10.0. The molecule has 0 atom stereocenters. The van der Waals surface area contributed by atoms with Crippen molar-refractivity contribution in [1.82, 2.24) is 19.9 Å². The summed E-state index contributed by atoms with van der Waals surface area (Å²) in [6, 6.07) is 17.3. The molecule has 1 aliphatic heterocycles. The summed E-state index contributed by atoms with van der Waals surface area (Å²) in [5.74, 6) is 1.37. The van der Waals surface area contributed by atoms with Gasteiger partial charge in [-0.25, -0.2) is 15.0 Å². The number of hydrogen-bond donors (Lipinski definition) is 0. The summed E-state index contributed by atoms with van der Waals surface area (Å²) in [4.78, 5) is 30.1. The van der Waals surface area contributed by atoms with E-state index in [9.17, 15) is 4.79 Å². The number of anilines is 1. The van der Waals surface area contributed by atoms with Crippen molar-refractivity contribution in [3.63, 3.8) is 0 Å². The third-order valence-electron chi connectivity index (χ3n) is 5.28. The third kappa shape index (κ3) is 3.74. The number of nitrogens with zero attached hydrogens (tertiary/aromatic N) is 5. The Labute approximate surface area is 174 Å². The molecule has 150 valence electrons. The Kier molecular flexibility index (Phi) is 4.85. The lowest BCUT2D eigenvalue weighted by atomic mass is 10.1. The van der Waals surface area contributed by atoms with Gasteiger partial charge in [0, 0.05) is 50.6 Å². The number of piperazine rings is 1. The number of fused-ring (bicyclic) bond motifs is 1.